The molecule has 0 unspecified atom stereocenters. The molecular weight excluding hydrogens is 380 g/mol. The van der Waals surface area contributed by atoms with Gasteiger partial charge in [0, 0.05) is 43.4 Å². The van der Waals surface area contributed by atoms with Crippen LogP contribution in [0.3, 0.4) is 0 Å². The van der Waals surface area contributed by atoms with Crippen molar-refractivity contribution in [2.75, 3.05) is 31.1 Å². The van der Waals surface area contributed by atoms with Crippen molar-refractivity contribution >= 4 is 17.3 Å². The number of benzene rings is 3. The fourth-order valence-electron chi connectivity index (χ4n) is 3.81. The average Bonchev–Trinajstić information content (AvgIpc) is 2.73. The lowest BCUT2D eigenvalue weighted by atomic mass is 10.1. The third-order valence-electron chi connectivity index (χ3n) is 5.43. The second-order valence-corrected chi connectivity index (χ2v) is 8.19. The minimum atomic E-state index is 0.714. The zero-order chi connectivity index (χ0) is 20.2. The van der Waals surface area contributed by atoms with Crippen LogP contribution < -0.4 is 9.64 Å². The minimum absolute atomic E-state index is 0.714. The van der Waals surface area contributed by atoms with Crippen molar-refractivity contribution in [1.82, 2.24) is 4.90 Å². The SMILES string of the molecule is Cc1ccc(C)c(N2CCN(Cc3cccc(Oc4ccc(Cl)cc4)c3)CC2)c1. The largest absolute Gasteiger partial charge is 0.457 e. The van der Waals surface area contributed by atoms with E-state index in [1.807, 2.05) is 30.3 Å². The fourth-order valence-corrected chi connectivity index (χ4v) is 3.94. The quantitative estimate of drug-likeness (QED) is 0.511. The molecular formula is C25H27ClN2O. The lowest BCUT2D eigenvalue weighted by molar-refractivity contribution is 0.249. The van der Waals surface area contributed by atoms with Gasteiger partial charge in [-0.15, -0.1) is 0 Å². The number of aryl methyl sites for hydroxylation is 2. The van der Waals surface area contributed by atoms with E-state index in [4.69, 9.17) is 16.3 Å². The van der Waals surface area contributed by atoms with Crippen LogP contribution in [0.4, 0.5) is 5.69 Å². The summed E-state index contributed by atoms with van der Waals surface area (Å²) in [4.78, 5) is 5.03. The van der Waals surface area contributed by atoms with Crippen LogP contribution in [0.2, 0.25) is 5.02 Å². The molecule has 3 nitrogen and oxygen atoms in total. The topological polar surface area (TPSA) is 15.7 Å². The number of halogens is 1. The summed E-state index contributed by atoms with van der Waals surface area (Å²) in [6, 6.07) is 22.6. The molecule has 3 aromatic rings. The third kappa shape index (κ3) is 5.11. The van der Waals surface area contributed by atoms with Crippen LogP contribution in [-0.4, -0.2) is 31.1 Å². The van der Waals surface area contributed by atoms with Gasteiger partial charge in [-0.3, -0.25) is 4.90 Å². The highest BCUT2D eigenvalue weighted by molar-refractivity contribution is 6.30. The average molecular weight is 407 g/mol. The van der Waals surface area contributed by atoms with E-state index >= 15 is 0 Å². The van der Waals surface area contributed by atoms with Crippen molar-refractivity contribution < 1.29 is 4.74 Å². The molecule has 0 saturated carbocycles. The highest BCUT2D eigenvalue weighted by atomic mass is 35.5. The van der Waals surface area contributed by atoms with E-state index in [1.165, 1.54) is 22.4 Å². The Morgan fingerprint density at radius 3 is 2.34 bits per heavy atom. The van der Waals surface area contributed by atoms with Gasteiger partial charge < -0.3 is 9.64 Å². The molecule has 1 fully saturated rings. The number of nitrogens with zero attached hydrogens (tertiary/aromatic N) is 2. The highest BCUT2D eigenvalue weighted by Crippen LogP contribution is 2.26. The molecule has 3 aromatic carbocycles. The Morgan fingerprint density at radius 2 is 1.59 bits per heavy atom. The molecule has 0 N–H and O–H groups in total. The summed E-state index contributed by atoms with van der Waals surface area (Å²) >= 11 is 5.95. The van der Waals surface area contributed by atoms with E-state index in [0.717, 1.165) is 44.2 Å². The maximum Gasteiger partial charge on any atom is 0.127 e. The van der Waals surface area contributed by atoms with Gasteiger partial charge in [0.15, 0.2) is 0 Å². The van der Waals surface area contributed by atoms with Crippen LogP contribution in [0, 0.1) is 13.8 Å². The van der Waals surface area contributed by atoms with E-state index in [1.54, 1.807) is 0 Å². The molecule has 1 heterocycles. The molecule has 1 saturated heterocycles. The first-order chi connectivity index (χ1) is 14.1. The lowest BCUT2D eigenvalue weighted by Crippen LogP contribution is -2.46. The predicted molar refractivity (Wildman–Crippen MR) is 121 cm³/mol. The monoisotopic (exact) mass is 406 g/mol. The Balaban J connectivity index is 1.36. The normalized spacial score (nSPS) is 14.8. The summed E-state index contributed by atoms with van der Waals surface area (Å²) < 4.78 is 5.98. The number of anilines is 1. The zero-order valence-electron chi connectivity index (χ0n) is 17.1. The molecule has 0 spiro atoms. The minimum Gasteiger partial charge on any atom is -0.457 e. The van der Waals surface area contributed by atoms with Gasteiger partial charge in [-0.1, -0.05) is 35.9 Å². The summed E-state index contributed by atoms with van der Waals surface area (Å²) in [7, 11) is 0. The van der Waals surface area contributed by atoms with Crippen LogP contribution in [0.15, 0.2) is 66.7 Å². The number of rotatable bonds is 5. The van der Waals surface area contributed by atoms with Crippen molar-refractivity contribution in [3.8, 4) is 11.5 Å². The van der Waals surface area contributed by atoms with Gasteiger partial charge >= 0.3 is 0 Å². The van der Waals surface area contributed by atoms with Crippen molar-refractivity contribution in [1.29, 1.82) is 0 Å². The molecule has 29 heavy (non-hydrogen) atoms. The Labute approximate surface area is 178 Å². The molecule has 4 rings (SSSR count). The molecule has 0 radical (unpaired) electrons. The lowest BCUT2D eigenvalue weighted by Gasteiger charge is -2.37. The molecule has 0 atom stereocenters. The van der Waals surface area contributed by atoms with Crippen LogP contribution >= 0.6 is 11.6 Å². The van der Waals surface area contributed by atoms with Gasteiger partial charge in [0.25, 0.3) is 0 Å². The Hall–Kier alpha value is -2.49. The molecule has 0 bridgehead atoms. The number of piperazine rings is 1. The second kappa shape index (κ2) is 8.89. The van der Waals surface area contributed by atoms with E-state index < -0.39 is 0 Å². The maximum absolute atomic E-state index is 5.98. The van der Waals surface area contributed by atoms with E-state index in [2.05, 4.69) is 60.0 Å². The second-order valence-electron chi connectivity index (χ2n) is 7.76. The molecule has 0 aliphatic carbocycles. The summed E-state index contributed by atoms with van der Waals surface area (Å²) in [5.41, 5.74) is 5.33. The first kappa shape index (κ1) is 19.8. The van der Waals surface area contributed by atoms with Crippen molar-refractivity contribution in [3.05, 3.63) is 88.4 Å². The van der Waals surface area contributed by atoms with Crippen molar-refractivity contribution in [3.63, 3.8) is 0 Å². The van der Waals surface area contributed by atoms with Crippen LogP contribution in [0.1, 0.15) is 16.7 Å². The first-order valence-corrected chi connectivity index (χ1v) is 10.5. The summed E-state index contributed by atoms with van der Waals surface area (Å²) in [6.07, 6.45) is 0. The van der Waals surface area contributed by atoms with Crippen LogP contribution in [-0.2, 0) is 6.54 Å². The summed E-state index contributed by atoms with van der Waals surface area (Å²) in [5.74, 6) is 1.66. The molecule has 150 valence electrons. The van der Waals surface area contributed by atoms with Gasteiger partial charge in [-0.2, -0.15) is 0 Å². The predicted octanol–water partition coefficient (Wildman–Crippen LogP) is 6.07. The van der Waals surface area contributed by atoms with Crippen LogP contribution in [0.25, 0.3) is 0 Å². The third-order valence-corrected chi connectivity index (χ3v) is 5.68. The Kier molecular flexibility index (Phi) is 6.08. The van der Waals surface area contributed by atoms with Gasteiger partial charge in [-0.25, -0.2) is 0 Å². The summed E-state index contributed by atoms with van der Waals surface area (Å²) in [5, 5.41) is 0.714. The summed E-state index contributed by atoms with van der Waals surface area (Å²) in [6.45, 7) is 9.56. The molecule has 0 amide bonds. The van der Waals surface area contributed by atoms with Gasteiger partial charge in [-0.05, 0) is 73.0 Å². The highest BCUT2D eigenvalue weighted by Gasteiger charge is 2.18. The van der Waals surface area contributed by atoms with Crippen molar-refractivity contribution in [2.24, 2.45) is 0 Å². The Bertz CT molecular complexity index is 963. The van der Waals surface area contributed by atoms with Gasteiger partial charge in [0.1, 0.15) is 11.5 Å². The first-order valence-electron chi connectivity index (χ1n) is 10.1. The number of hydrogen-bond donors (Lipinski definition) is 0. The van der Waals surface area contributed by atoms with E-state index in [9.17, 15) is 0 Å². The van der Waals surface area contributed by atoms with Crippen molar-refractivity contribution in [2.45, 2.75) is 20.4 Å². The maximum atomic E-state index is 5.98. The van der Waals surface area contributed by atoms with E-state index in [-0.39, 0.29) is 0 Å². The fraction of sp³-hybridized carbons (Fsp3) is 0.280. The molecule has 0 aromatic heterocycles. The standard InChI is InChI=1S/C25H27ClN2O/c1-19-6-7-20(2)25(16-19)28-14-12-27(13-15-28)18-21-4-3-5-24(17-21)29-23-10-8-22(26)9-11-23/h3-11,16-17H,12-15,18H2,1-2H3. The molecule has 1 aliphatic heterocycles. The van der Waals surface area contributed by atoms with Gasteiger partial charge in [0.05, 0.1) is 0 Å². The molecule has 1 aliphatic rings. The smallest absolute Gasteiger partial charge is 0.127 e. The number of ether oxygens (including phenoxy) is 1. The van der Waals surface area contributed by atoms with E-state index in [0.29, 0.717) is 5.02 Å². The number of hydrogen-bond acceptors (Lipinski definition) is 3. The van der Waals surface area contributed by atoms with Gasteiger partial charge in [0.2, 0.25) is 0 Å². The Morgan fingerprint density at radius 1 is 0.828 bits per heavy atom. The zero-order valence-corrected chi connectivity index (χ0v) is 17.8. The molecule has 4 heteroatoms. The van der Waals surface area contributed by atoms with Crippen LogP contribution in [0.5, 0.6) is 11.5 Å².